The third-order valence-corrected chi connectivity index (χ3v) is 0.750. The fraction of sp³-hybridized carbons (Fsp3) is 1.00. The minimum Gasteiger partial charge on any atom is -0.150 e. The zero-order chi connectivity index (χ0) is 5.21. The Morgan fingerprint density at radius 3 is 1.50 bits per heavy atom. The van der Waals surface area contributed by atoms with Crippen LogP contribution in [0.5, 0.6) is 0 Å². The topological polar surface area (TPSA) is 19.9 Å². The Kier molecular flexibility index (Phi) is 1.94. The highest BCUT2D eigenvalue weighted by Crippen LogP contribution is 2.18. The second-order valence-corrected chi connectivity index (χ2v) is 3.59. The Bertz CT molecular complexity index is 37.3. The zero-order valence-corrected chi connectivity index (χ0v) is 5.13. The lowest BCUT2D eigenvalue weighted by atomic mass is 10.3. The van der Waals surface area contributed by atoms with Crippen molar-refractivity contribution in [2.75, 3.05) is 0 Å². The molecule has 0 aromatic rings. The summed E-state index contributed by atoms with van der Waals surface area (Å²) in [5.41, 5.74) is 0. The summed E-state index contributed by atoms with van der Waals surface area (Å²) in [6, 6.07) is 0. The average Bonchev–Trinajstić information content (AvgIpc) is 1.35. The molecule has 0 amide bonds. The maximum absolute atomic E-state index is 9.87. The predicted octanol–water partition coefficient (Wildman–Crippen LogP) is 1.86. The van der Waals surface area contributed by atoms with E-state index in [0.29, 0.717) is 12.0 Å². The highest BCUT2D eigenvalue weighted by molar-refractivity contribution is 7.94. The number of rotatable bonds is 0. The van der Waals surface area contributed by atoms with Gasteiger partial charge in [-0.15, -0.1) is 0 Å². The maximum Gasteiger partial charge on any atom is 0.0386 e. The van der Waals surface area contributed by atoms with E-state index < -0.39 is 0 Å². The van der Waals surface area contributed by atoms with E-state index in [1.54, 1.807) is 0 Å². The number of hydrogen-bond acceptors (Lipinski definition) is 1. The fourth-order valence-electron chi connectivity index (χ4n) is 0. The molecule has 0 N–H and O–H groups in total. The normalized spacial score (nSPS) is 12.0. The molecule has 0 unspecified atom stereocenters. The first-order valence-corrected chi connectivity index (χ1v) is 2.61. The van der Waals surface area contributed by atoms with E-state index in [1.165, 1.54) is 0 Å². The Morgan fingerprint density at radius 1 is 1.33 bits per heavy atom. The van der Waals surface area contributed by atoms with Gasteiger partial charge in [0.05, 0.1) is 0 Å². The van der Waals surface area contributed by atoms with E-state index in [2.05, 4.69) is 0 Å². The van der Waals surface area contributed by atoms with Crippen LogP contribution >= 0.6 is 12.0 Å². The largest absolute Gasteiger partial charge is 0.150 e. The predicted molar refractivity (Wildman–Crippen MR) is 28.0 cm³/mol. The summed E-state index contributed by atoms with van der Waals surface area (Å²) in [4.78, 5) is 0. The van der Waals surface area contributed by atoms with E-state index in [-0.39, 0.29) is 4.75 Å². The van der Waals surface area contributed by atoms with Gasteiger partial charge in [0.15, 0.2) is 0 Å². The minimum atomic E-state index is -0.0972. The summed E-state index contributed by atoms with van der Waals surface area (Å²) < 4.78 is 9.77. The molecule has 0 aliphatic rings. The maximum atomic E-state index is 9.87. The smallest absolute Gasteiger partial charge is 0.0386 e. The van der Waals surface area contributed by atoms with E-state index in [9.17, 15) is 4.55 Å². The van der Waals surface area contributed by atoms with Gasteiger partial charge in [-0.1, -0.05) is 0 Å². The summed E-state index contributed by atoms with van der Waals surface area (Å²) in [6.07, 6.45) is 0. The molecule has 0 fully saturated rings. The quantitative estimate of drug-likeness (QED) is 0.430. The lowest BCUT2D eigenvalue weighted by Gasteiger charge is -2.07. The van der Waals surface area contributed by atoms with Crippen LogP contribution in [0, 0.1) is 0 Å². The summed E-state index contributed by atoms with van der Waals surface area (Å²) in [7, 11) is 0. The molecule has 0 bridgehead atoms. The molecule has 1 nitrogen and oxygen atoms in total. The molecule has 0 aliphatic carbocycles. The van der Waals surface area contributed by atoms with Gasteiger partial charge in [0.25, 0.3) is 0 Å². The van der Waals surface area contributed by atoms with Crippen molar-refractivity contribution < 1.29 is 4.55 Å². The van der Waals surface area contributed by atoms with Crippen LogP contribution in [0.25, 0.3) is 0 Å². The van der Waals surface area contributed by atoms with E-state index >= 15 is 0 Å². The molecule has 0 aromatic carbocycles. The van der Waals surface area contributed by atoms with Crippen molar-refractivity contribution in [2.45, 2.75) is 25.5 Å². The SMILES string of the molecule is CC(C)(C)S[O]. The van der Waals surface area contributed by atoms with Gasteiger partial charge in [-0.2, -0.15) is 4.55 Å². The van der Waals surface area contributed by atoms with Crippen molar-refractivity contribution in [1.82, 2.24) is 0 Å². The van der Waals surface area contributed by atoms with Crippen LogP contribution in [0.3, 0.4) is 0 Å². The molecule has 1 radical (unpaired) electrons. The minimum absolute atomic E-state index is 0.0972. The molecular formula is C4H9OS. The average molecular weight is 105 g/mol. The molecule has 0 saturated carbocycles. The Balaban J connectivity index is 3.17. The van der Waals surface area contributed by atoms with E-state index in [4.69, 9.17) is 0 Å². The Morgan fingerprint density at radius 2 is 1.50 bits per heavy atom. The van der Waals surface area contributed by atoms with Gasteiger partial charge >= 0.3 is 0 Å². The van der Waals surface area contributed by atoms with Crippen molar-refractivity contribution >= 4 is 12.0 Å². The summed E-state index contributed by atoms with van der Waals surface area (Å²) >= 11 is 0.632. The first-order chi connectivity index (χ1) is 2.56. The summed E-state index contributed by atoms with van der Waals surface area (Å²) in [6.45, 7) is 5.68. The van der Waals surface area contributed by atoms with Crippen molar-refractivity contribution in [1.29, 1.82) is 0 Å². The molecule has 0 aliphatic heterocycles. The first kappa shape index (κ1) is 6.31. The van der Waals surface area contributed by atoms with Gasteiger partial charge < -0.3 is 0 Å². The highest BCUT2D eigenvalue weighted by Gasteiger charge is 2.08. The molecule has 0 rings (SSSR count). The molecule has 0 saturated heterocycles. The molecule has 2 heteroatoms. The van der Waals surface area contributed by atoms with Crippen LogP contribution in [0.4, 0.5) is 0 Å². The molecule has 0 aromatic heterocycles. The van der Waals surface area contributed by atoms with Crippen molar-refractivity contribution in [3.63, 3.8) is 0 Å². The van der Waals surface area contributed by atoms with Crippen LogP contribution in [-0.4, -0.2) is 4.75 Å². The van der Waals surface area contributed by atoms with Crippen LogP contribution in [0.15, 0.2) is 0 Å². The van der Waals surface area contributed by atoms with Gasteiger partial charge in [0.2, 0.25) is 0 Å². The second-order valence-electron chi connectivity index (χ2n) is 2.20. The monoisotopic (exact) mass is 105 g/mol. The standard InChI is InChI=1S/C4H9OS/c1-4(2,3)6-5/h1-3H3. The van der Waals surface area contributed by atoms with Gasteiger partial charge in [0.1, 0.15) is 0 Å². The van der Waals surface area contributed by atoms with E-state index in [1.807, 2.05) is 20.8 Å². The molecule has 0 heterocycles. The third kappa shape index (κ3) is 4.31. The summed E-state index contributed by atoms with van der Waals surface area (Å²) in [5.74, 6) is 0. The highest BCUT2D eigenvalue weighted by atomic mass is 32.2. The van der Waals surface area contributed by atoms with Crippen molar-refractivity contribution in [3.05, 3.63) is 0 Å². The van der Waals surface area contributed by atoms with E-state index in [0.717, 1.165) is 0 Å². The lowest BCUT2D eigenvalue weighted by Crippen LogP contribution is -2.04. The van der Waals surface area contributed by atoms with Gasteiger partial charge in [0, 0.05) is 16.8 Å². The van der Waals surface area contributed by atoms with Crippen molar-refractivity contribution in [3.8, 4) is 0 Å². The van der Waals surface area contributed by atoms with Gasteiger partial charge in [-0.05, 0) is 20.8 Å². The van der Waals surface area contributed by atoms with Crippen LogP contribution in [0.2, 0.25) is 0 Å². The van der Waals surface area contributed by atoms with Crippen LogP contribution < -0.4 is 0 Å². The zero-order valence-electron chi connectivity index (χ0n) is 4.32. The first-order valence-electron chi connectivity index (χ1n) is 1.87. The fourth-order valence-corrected chi connectivity index (χ4v) is 0. The second kappa shape index (κ2) is 1.85. The molecule has 37 valence electrons. The molecule has 0 atom stereocenters. The molecular weight excluding hydrogens is 96.1 g/mol. The molecule has 6 heavy (non-hydrogen) atoms. The third-order valence-electron chi connectivity index (χ3n) is 0.250. The van der Waals surface area contributed by atoms with Gasteiger partial charge in [-0.3, -0.25) is 0 Å². The van der Waals surface area contributed by atoms with Crippen molar-refractivity contribution in [2.24, 2.45) is 0 Å². The van der Waals surface area contributed by atoms with Crippen LogP contribution in [0.1, 0.15) is 20.8 Å². The molecule has 0 spiro atoms. The number of hydrogen-bond donors (Lipinski definition) is 0. The lowest BCUT2D eigenvalue weighted by molar-refractivity contribution is 0.510. The Labute approximate surface area is 43.0 Å². The Hall–Kier alpha value is 0.310. The van der Waals surface area contributed by atoms with Crippen LogP contribution in [-0.2, 0) is 4.55 Å². The summed E-state index contributed by atoms with van der Waals surface area (Å²) in [5, 5.41) is 0. The van der Waals surface area contributed by atoms with Gasteiger partial charge in [-0.25, -0.2) is 0 Å².